The quantitative estimate of drug-likeness (QED) is 0.805. The SMILES string of the molecule is CCCCC(C(=O)O)C(C)(O)c1ccc(N(C)C)cc1. The van der Waals surface area contributed by atoms with E-state index in [1.807, 2.05) is 38.1 Å². The minimum atomic E-state index is -1.36. The van der Waals surface area contributed by atoms with E-state index in [-0.39, 0.29) is 0 Å². The van der Waals surface area contributed by atoms with Crippen LogP contribution in [-0.4, -0.2) is 30.3 Å². The molecule has 0 amide bonds. The van der Waals surface area contributed by atoms with Crippen molar-refractivity contribution in [1.82, 2.24) is 0 Å². The van der Waals surface area contributed by atoms with Crippen molar-refractivity contribution in [3.63, 3.8) is 0 Å². The summed E-state index contributed by atoms with van der Waals surface area (Å²) in [5, 5.41) is 20.0. The number of aliphatic hydroxyl groups is 1. The lowest BCUT2D eigenvalue weighted by atomic mass is 9.80. The van der Waals surface area contributed by atoms with E-state index in [1.165, 1.54) is 0 Å². The molecule has 0 aromatic heterocycles. The van der Waals surface area contributed by atoms with Crippen LogP contribution in [-0.2, 0) is 10.4 Å². The van der Waals surface area contributed by atoms with Gasteiger partial charge in [-0.1, -0.05) is 31.9 Å². The Balaban J connectivity index is 3.02. The fourth-order valence-electron chi connectivity index (χ4n) is 2.35. The Morgan fingerprint density at radius 1 is 1.30 bits per heavy atom. The number of benzene rings is 1. The first-order valence-electron chi connectivity index (χ1n) is 7.03. The number of hydrogen-bond donors (Lipinski definition) is 2. The van der Waals surface area contributed by atoms with Gasteiger partial charge in [0.05, 0.1) is 5.92 Å². The zero-order valence-corrected chi connectivity index (χ0v) is 12.8. The molecule has 1 aromatic carbocycles. The smallest absolute Gasteiger partial charge is 0.309 e. The van der Waals surface area contributed by atoms with Crippen LogP contribution in [0.1, 0.15) is 38.7 Å². The van der Waals surface area contributed by atoms with Crippen molar-refractivity contribution in [3.05, 3.63) is 29.8 Å². The molecule has 0 saturated heterocycles. The Morgan fingerprint density at radius 2 is 1.85 bits per heavy atom. The first kappa shape index (κ1) is 16.5. The molecule has 4 nitrogen and oxygen atoms in total. The van der Waals surface area contributed by atoms with E-state index in [1.54, 1.807) is 19.1 Å². The van der Waals surface area contributed by atoms with Gasteiger partial charge in [0.25, 0.3) is 0 Å². The van der Waals surface area contributed by atoms with Gasteiger partial charge in [-0.05, 0) is 31.0 Å². The van der Waals surface area contributed by atoms with E-state index in [2.05, 4.69) is 0 Å². The van der Waals surface area contributed by atoms with Crippen LogP contribution in [0.5, 0.6) is 0 Å². The van der Waals surface area contributed by atoms with Crippen LogP contribution in [0.3, 0.4) is 0 Å². The summed E-state index contributed by atoms with van der Waals surface area (Å²) in [6.07, 6.45) is 2.19. The Labute approximate surface area is 121 Å². The number of carboxylic acid groups (broad SMARTS) is 1. The number of unbranched alkanes of at least 4 members (excludes halogenated alkanes) is 1. The lowest BCUT2D eigenvalue weighted by Gasteiger charge is -2.31. The molecule has 0 aliphatic rings. The molecular weight excluding hydrogens is 254 g/mol. The van der Waals surface area contributed by atoms with Crippen molar-refractivity contribution in [2.75, 3.05) is 19.0 Å². The second-order valence-corrected chi connectivity index (χ2v) is 5.62. The van der Waals surface area contributed by atoms with Crippen LogP contribution in [0.4, 0.5) is 5.69 Å². The van der Waals surface area contributed by atoms with Crippen LogP contribution < -0.4 is 4.90 Å². The van der Waals surface area contributed by atoms with E-state index >= 15 is 0 Å². The maximum absolute atomic E-state index is 11.4. The summed E-state index contributed by atoms with van der Waals surface area (Å²) in [4.78, 5) is 13.4. The van der Waals surface area contributed by atoms with E-state index in [0.717, 1.165) is 18.5 Å². The molecule has 0 heterocycles. The Hall–Kier alpha value is -1.55. The standard InChI is InChI=1S/C16H25NO3/c1-5-6-7-14(15(18)19)16(2,20)12-8-10-13(11-9-12)17(3)4/h8-11,14,20H,5-7H2,1-4H3,(H,18,19). The molecule has 20 heavy (non-hydrogen) atoms. The molecule has 1 rings (SSSR count). The lowest BCUT2D eigenvalue weighted by Crippen LogP contribution is -2.37. The van der Waals surface area contributed by atoms with Crippen molar-refractivity contribution in [3.8, 4) is 0 Å². The van der Waals surface area contributed by atoms with Crippen LogP contribution >= 0.6 is 0 Å². The van der Waals surface area contributed by atoms with Crippen molar-refractivity contribution >= 4 is 11.7 Å². The van der Waals surface area contributed by atoms with Gasteiger partial charge in [0, 0.05) is 19.8 Å². The number of anilines is 1. The minimum absolute atomic E-state index is 0.480. The topological polar surface area (TPSA) is 60.8 Å². The molecule has 0 aliphatic carbocycles. The minimum Gasteiger partial charge on any atom is -0.481 e. The Morgan fingerprint density at radius 3 is 2.25 bits per heavy atom. The number of carboxylic acids is 1. The Bertz CT molecular complexity index is 438. The summed E-state index contributed by atoms with van der Waals surface area (Å²) >= 11 is 0. The second kappa shape index (κ2) is 6.75. The molecule has 0 saturated carbocycles. The normalized spacial score (nSPS) is 15.4. The zero-order chi connectivity index (χ0) is 15.3. The number of hydrogen-bond acceptors (Lipinski definition) is 3. The maximum atomic E-state index is 11.4. The van der Waals surface area contributed by atoms with E-state index in [9.17, 15) is 15.0 Å². The van der Waals surface area contributed by atoms with Crippen molar-refractivity contribution in [2.24, 2.45) is 5.92 Å². The summed E-state index contributed by atoms with van der Waals surface area (Å²) in [5.74, 6) is -1.73. The van der Waals surface area contributed by atoms with Gasteiger partial charge in [-0.2, -0.15) is 0 Å². The molecule has 0 radical (unpaired) electrons. The number of rotatable bonds is 7. The number of aliphatic carboxylic acids is 1. The van der Waals surface area contributed by atoms with E-state index in [4.69, 9.17) is 0 Å². The molecule has 0 fully saturated rings. The highest BCUT2D eigenvalue weighted by Gasteiger charge is 2.38. The van der Waals surface area contributed by atoms with Gasteiger partial charge in [-0.3, -0.25) is 4.79 Å². The summed E-state index contributed by atoms with van der Waals surface area (Å²) in [7, 11) is 3.88. The van der Waals surface area contributed by atoms with Gasteiger partial charge in [0.2, 0.25) is 0 Å². The fourth-order valence-corrected chi connectivity index (χ4v) is 2.35. The first-order valence-corrected chi connectivity index (χ1v) is 7.03. The molecule has 2 unspecified atom stereocenters. The lowest BCUT2D eigenvalue weighted by molar-refractivity contribution is -0.152. The number of carbonyl (C=O) groups is 1. The van der Waals surface area contributed by atoms with Gasteiger partial charge in [0.15, 0.2) is 0 Å². The second-order valence-electron chi connectivity index (χ2n) is 5.62. The predicted octanol–water partition coefficient (Wildman–Crippen LogP) is 2.85. The third-order valence-electron chi connectivity index (χ3n) is 3.79. The summed E-state index contributed by atoms with van der Waals surface area (Å²) < 4.78 is 0. The van der Waals surface area contributed by atoms with Crippen molar-refractivity contribution < 1.29 is 15.0 Å². The molecule has 0 bridgehead atoms. The molecule has 0 spiro atoms. The van der Waals surface area contributed by atoms with E-state index < -0.39 is 17.5 Å². The zero-order valence-electron chi connectivity index (χ0n) is 12.8. The van der Waals surface area contributed by atoms with Crippen LogP contribution in [0.15, 0.2) is 24.3 Å². The molecule has 1 aromatic rings. The predicted molar refractivity (Wildman–Crippen MR) is 81.0 cm³/mol. The fraction of sp³-hybridized carbons (Fsp3) is 0.562. The van der Waals surface area contributed by atoms with Crippen molar-refractivity contribution in [2.45, 2.75) is 38.7 Å². The first-order chi connectivity index (χ1) is 9.30. The molecule has 2 N–H and O–H groups in total. The number of nitrogens with zero attached hydrogens (tertiary/aromatic N) is 1. The van der Waals surface area contributed by atoms with Crippen LogP contribution in [0, 0.1) is 5.92 Å². The summed E-state index contributed by atoms with van der Waals surface area (Å²) in [6, 6.07) is 7.39. The van der Waals surface area contributed by atoms with Gasteiger partial charge in [-0.25, -0.2) is 0 Å². The third-order valence-corrected chi connectivity index (χ3v) is 3.79. The van der Waals surface area contributed by atoms with Crippen molar-refractivity contribution in [1.29, 1.82) is 0 Å². The average molecular weight is 279 g/mol. The summed E-state index contributed by atoms with van der Waals surface area (Å²) in [5.41, 5.74) is 0.308. The molecule has 112 valence electrons. The molecular formula is C16H25NO3. The van der Waals surface area contributed by atoms with Crippen LogP contribution in [0.25, 0.3) is 0 Å². The highest BCUT2D eigenvalue weighted by Crippen LogP contribution is 2.33. The third kappa shape index (κ3) is 3.73. The molecule has 0 aliphatic heterocycles. The van der Waals surface area contributed by atoms with E-state index in [0.29, 0.717) is 12.0 Å². The van der Waals surface area contributed by atoms with Crippen LogP contribution in [0.2, 0.25) is 0 Å². The monoisotopic (exact) mass is 279 g/mol. The van der Waals surface area contributed by atoms with Gasteiger partial charge < -0.3 is 15.1 Å². The Kier molecular flexibility index (Phi) is 5.57. The molecule has 2 atom stereocenters. The average Bonchev–Trinajstić information content (AvgIpc) is 2.38. The highest BCUT2D eigenvalue weighted by atomic mass is 16.4. The largest absolute Gasteiger partial charge is 0.481 e. The van der Waals surface area contributed by atoms with Gasteiger partial charge in [-0.15, -0.1) is 0 Å². The van der Waals surface area contributed by atoms with Gasteiger partial charge in [0.1, 0.15) is 5.60 Å². The molecule has 4 heteroatoms. The highest BCUT2D eigenvalue weighted by molar-refractivity contribution is 5.72. The maximum Gasteiger partial charge on any atom is 0.309 e. The summed E-state index contributed by atoms with van der Waals surface area (Å²) in [6.45, 7) is 3.60. The van der Waals surface area contributed by atoms with Gasteiger partial charge >= 0.3 is 5.97 Å².